The standard InChI is InChI=1S/C10H10ClN5/c1-6-8(11)5-16(15-6)7-2-3-14-9(4-7)10(12)13/h2-5H,1H3,(H3,12,13). The fourth-order valence-corrected chi connectivity index (χ4v) is 1.41. The number of amidine groups is 1. The first kappa shape index (κ1) is 10.6. The summed E-state index contributed by atoms with van der Waals surface area (Å²) in [7, 11) is 0. The fraction of sp³-hybridized carbons (Fsp3) is 0.100. The van der Waals surface area contributed by atoms with Gasteiger partial charge in [0.1, 0.15) is 11.5 Å². The van der Waals surface area contributed by atoms with Crippen molar-refractivity contribution >= 4 is 17.4 Å². The second-order valence-corrected chi connectivity index (χ2v) is 3.73. The third-order valence-electron chi connectivity index (χ3n) is 2.12. The summed E-state index contributed by atoms with van der Waals surface area (Å²) in [5.74, 6) is -0.0724. The van der Waals surface area contributed by atoms with Gasteiger partial charge in [0.2, 0.25) is 0 Å². The molecule has 0 bridgehead atoms. The number of hydrogen-bond acceptors (Lipinski definition) is 3. The van der Waals surface area contributed by atoms with Crippen molar-refractivity contribution in [3.05, 3.63) is 40.9 Å². The molecule has 0 spiro atoms. The lowest BCUT2D eigenvalue weighted by molar-refractivity contribution is 0.859. The Morgan fingerprint density at radius 2 is 2.31 bits per heavy atom. The molecule has 0 amide bonds. The van der Waals surface area contributed by atoms with E-state index in [-0.39, 0.29) is 5.84 Å². The van der Waals surface area contributed by atoms with E-state index in [1.807, 2.05) is 6.92 Å². The predicted molar refractivity (Wildman–Crippen MR) is 62.1 cm³/mol. The molecule has 0 saturated heterocycles. The van der Waals surface area contributed by atoms with Crippen LogP contribution in [-0.4, -0.2) is 20.6 Å². The highest BCUT2D eigenvalue weighted by molar-refractivity contribution is 6.31. The normalized spacial score (nSPS) is 10.4. The molecule has 6 heteroatoms. The minimum atomic E-state index is -0.0724. The Hall–Kier alpha value is -1.88. The molecule has 3 N–H and O–H groups in total. The van der Waals surface area contributed by atoms with E-state index in [1.54, 1.807) is 29.2 Å². The van der Waals surface area contributed by atoms with Gasteiger partial charge in [-0.05, 0) is 19.1 Å². The Balaban J connectivity index is 2.48. The topological polar surface area (TPSA) is 80.6 Å². The zero-order valence-corrected chi connectivity index (χ0v) is 9.36. The second-order valence-electron chi connectivity index (χ2n) is 3.32. The van der Waals surface area contributed by atoms with Crippen LogP contribution in [0.4, 0.5) is 0 Å². The highest BCUT2D eigenvalue weighted by Gasteiger charge is 2.05. The Morgan fingerprint density at radius 1 is 1.56 bits per heavy atom. The van der Waals surface area contributed by atoms with E-state index in [0.717, 1.165) is 11.4 Å². The summed E-state index contributed by atoms with van der Waals surface area (Å²) in [6, 6.07) is 3.46. The average molecular weight is 236 g/mol. The summed E-state index contributed by atoms with van der Waals surface area (Å²) in [6.07, 6.45) is 3.28. The molecule has 2 aromatic heterocycles. The molecule has 5 nitrogen and oxygen atoms in total. The van der Waals surface area contributed by atoms with Gasteiger partial charge in [0.15, 0.2) is 0 Å². The van der Waals surface area contributed by atoms with Crippen LogP contribution in [0.25, 0.3) is 5.69 Å². The maximum absolute atomic E-state index is 7.30. The Kier molecular flexibility index (Phi) is 2.62. The first-order chi connectivity index (χ1) is 7.58. The van der Waals surface area contributed by atoms with Crippen molar-refractivity contribution in [2.45, 2.75) is 6.92 Å². The number of aryl methyl sites for hydroxylation is 1. The van der Waals surface area contributed by atoms with Crippen molar-refractivity contribution in [1.82, 2.24) is 14.8 Å². The third kappa shape index (κ3) is 1.90. The summed E-state index contributed by atoms with van der Waals surface area (Å²) < 4.78 is 1.63. The van der Waals surface area contributed by atoms with Gasteiger partial charge in [-0.1, -0.05) is 11.6 Å². The van der Waals surface area contributed by atoms with Gasteiger partial charge >= 0.3 is 0 Å². The summed E-state index contributed by atoms with van der Waals surface area (Å²) in [5.41, 5.74) is 7.31. The van der Waals surface area contributed by atoms with Gasteiger partial charge in [0.05, 0.1) is 16.4 Å². The van der Waals surface area contributed by atoms with Crippen LogP contribution in [0.3, 0.4) is 0 Å². The lowest BCUT2D eigenvalue weighted by Crippen LogP contribution is -2.13. The SMILES string of the molecule is Cc1nn(-c2ccnc(C(=N)N)c2)cc1Cl. The van der Waals surface area contributed by atoms with Crippen LogP contribution >= 0.6 is 11.6 Å². The van der Waals surface area contributed by atoms with Crippen molar-refractivity contribution in [2.24, 2.45) is 5.73 Å². The second kappa shape index (κ2) is 3.94. The predicted octanol–water partition coefficient (Wildman–Crippen LogP) is 1.51. The minimum Gasteiger partial charge on any atom is -0.382 e. The molecule has 0 atom stereocenters. The van der Waals surface area contributed by atoms with E-state index in [2.05, 4.69) is 10.1 Å². The minimum absolute atomic E-state index is 0.0724. The number of nitrogen functional groups attached to an aromatic ring is 1. The molecule has 0 saturated carbocycles. The van der Waals surface area contributed by atoms with Crippen LogP contribution in [0.15, 0.2) is 24.5 Å². The van der Waals surface area contributed by atoms with Crippen LogP contribution in [-0.2, 0) is 0 Å². The molecule has 0 fully saturated rings. The van der Waals surface area contributed by atoms with Crippen molar-refractivity contribution in [3.63, 3.8) is 0 Å². The van der Waals surface area contributed by atoms with Gasteiger partial charge in [-0.3, -0.25) is 10.4 Å². The van der Waals surface area contributed by atoms with Crippen LogP contribution in [0, 0.1) is 12.3 Å². The molecule has 0 aromatic carbocycles. The van der Waals surface area contributed by atoms with Crippen molar-refractivity contribution in [3.8, 4) is 5.69 Å². The molecule has 0 aliphatic heterocycles. The largest absolute Gasteiger partial charge is 0.382 e. The van der Waals surface area contributed by atoms with Gasteiger partial charge < -0.3 is 5.73 Å². The van der Waals surface area contributed by atoms with E-state index >= 15 is 0 Å². The quantitative estimate of drug-likeness (QED) is 0.612. The number of nitrogens with zero attached hydrogens (tertiary/aromatic N) is 3. The fourth-order valence-electron chi connectivity index (χ4n) is 1.28. The van der Waals surface area contributed by atoms with Gasteiger partial charge in [0.25, 0.3) is 0 Å². The van der Waals surface area contributed by atoms with E-state index < -0.39 is 0 Å². The first-order valence-corrected chi connectivity index (χ1v) is 4.98. The molecule has 16 heavy (non-hydrogen) atoms. The van der Waals surface area contributed by atoms with Crippen LogP contribution < -0.4 is 5.73 Å². The van der Waals surface area contributed by atoms with Crippen molar-refractivity contribution in [2.75, 3.05) is 0 Å². The number of nitrogens with two attached hydrogens (primary N) is 1. The summed E-state index contributed by atoms with van der Waals surface area (Å²) in [6.45, 7) is 1.83. The zero-order chi connectivity index (χ0) is 11.7. The smallest absolute Gasteiger partial charge is 0.141 e. The summed E-state index contributed by atoms with van der Waals surface area (Å²) in [5, 5.41) is 12.1. The molecule has 82 valence electrons. The number of hydrogen-bond donors (Lipinski definition) is 2. The molecule has 0 aliphatic rings. The third-order valence-corrected chi connectivity index (χ3v) is 2.49. The maximum atomic E-state index is 7.30. The van der Waals surface area contributed by atoms with Crippen molar-refractivity contribution in [1.29, 1.82) is 5.41 Å². The lowest BCUT2D eigenvalue weighted by Gasteiger charge is -2.02. The van der Waals surface area contributed by atoms with Gasteiger partial charge in [0, 0.05) is 12.4 Å². The van der Waals surface area contributed by atoms with E-state index in [1.165, 1.54) is 0 Å². The number of rotatable bonds is 2. The van der Waals surface area contributed by atoms with Crippen molar-refractivity contribution < 1.29 is 0 Å². The Morgan fingerprint density at radius 3 is 2.88 bits per heavy atom. The Labute approximate surface area is 97.4 Å². The number of nitrogens with one attached hydrogen (secondary N) is 1. The summed E-state index contributed by atoms with van der Waals surface area (Å²) >= 11 is 5.92. The van der Waals surface area contributed by atoms with E-state index in [4.69, 9.17) is 22.7 Å². The molecule has 2 aromatic rings. The lowest BCUT2D eigenvalue weighted by atomic mass is 10.3. The highest BCUT2D eigenvalue weighted by Crippen LogP contribution is 2.16. The molecule has 0 unspecified atom stereocenters. The van der Waals surface area contributed by atoms with Crippen LogP contribution in [0.5, 0.6) is 0 Å². The van der Waals surface area contributed by atoms with Gasteiger partial charge in [-0.15, -0.1) is 0 Å². The number of pyridine rings is 1. The van der Waals surface area contributed by atoms with Gasteiger partial charge in [-0.2, -0.15) is 5.10 Å². The maximum Gasteiger partial charge on any atom is 0.141 e. The molecule has 0 radical (unpaired) electrons. The van der Waals surface area contributed by atoms with Crippen LogP contribution in [0.1, 0.15) is 11.4 Å². The number of halogens is 1. The summed E-state index contributed by atoms with van der Waals surface area (Å²) in [4.78, 5) is 3.97. The first-order valence-electron chi connectivity index (χ1n) is 4.60. The van der Waals surface area contributed by atoms with E-state index in [0.29, 0.717) is 10.7 Å². The Bertz CT molecular complexity index is 526. The van der Waals surface area contributed by atoms with Crippen LogP contribution in [0.2, 0.25) is 5.02 Å². The molecular formula is C10H10ClN5. The molecule has 0 aliphatic carbocycles. The molecule has 2 heterocycles. The van der Waals surface area contributed by atoms with Gasteiger partial charge in [-0.25, -0.2) is 4.68 Å². The van der Waals surface area contributed by atoms with E-state index in [9.17, 15) is 0 Å². The molecular weight excluding hydrogens is 226 g/mol. The highest BCUT2D eigenvalue weighted by atomic mass is 35.5. The number of aromatic nitrogens is 3. The zero-order valence-electron chi connectivity index (χ0n) is 8.61. The monoisotopic (exact) mass is 235 g/mol. The average Bonchev–Trinajstić information content (AvgIpc) is 2.59. The molecule has 2 rings (SSSR count).